The van der Waals surface area contributed by atoms with Crippen molar-refractivity contribution in [3.63, 3.8) is 0 Å². The zero-order chi connectivity index (χ0) is 11.4. The van der Waals surface area contributed by atoms with E-state index >= 15 is 0 Å². The summed E-state index contributed by atoms with van der Waals surface area (Å²) < 4.78 is 10.3. The molecule has 0 bridgehead atoms. The average molecular weight is 278 g/mol. The van der Waals surface area contributed by atoms with E-state index in [9.17, 15) is 4.79 Å². The van der Waals surface area contributed by atoms with Crippen molar-refractivity contribution in [2.24, 2.45) is 5.11 Å². The highest BCUT2D eigenvalue weighted by Gasteiger charge is 2.35. The Hall–Kier alpha value is -0.780. The fourth-order valence-corrected chi connectivity index (χ4v) is 2.32. The highest BCUT2D eigenvalue weighted by Crippen LogP contribution is 2.28. The molecule has 15 heavy (non-hydrogen) atoms. The lowest BCUT2D eigenvalue weighted by Gasteiger charge is -2.35. The molecule has 0 aliphatic carbocycles. The van der Waals surface area contributed by atoms with Gasteiger partial charge in [-0.15, -0.1) is 0 Å². The fraction of sp³-hybridized carbons (Fsp3) is 0.875. The Morgan fingerprint density at radius 2 is 2.40 bits per heavy atom. The van der Waals surface area contributed by atoms with Gasteiger partial charge in [0.1, 0.15) is 0 Å². The minimum Gasteiger partial charge on any atom is -0.436 e. The third-order valence-electron chi connectivity index (χ3n) is 2.12. The van der Waals surface area contributed by atoms with Crippen LogP contribution in [0.5, 0.6) is 0 Å². The summed E-state index contributed by atoms with van der Waals surface area (Å²) in [6.45, 7) is 3.11. The minimum atomic E-state index is -0.563. The first kappa shape index (κ1) is 12.3. The Morgan fingerprint density at radius 3 is 2.87 bits per heavy atom. The second kappa shape index (κ2) is 5.34. The van der Waals surface area contributed by atoms with Crippen LogP contribution >= 0.6 is 15.9 Å². The van der Waals surface area contributed by atoms with Gasteiger partial charge in [0.05, 0.1) is 12.1 Å². The fourth-order valence-electron chi connectivity index (χ4n) is 1.48. The zero-order valence-electron chi connectivity index (χ0n) is 8.46. The van der Waals surface area contributed by atoms with Crippen molar-refractivity contribution in [2.75, 3.05) is 0 Å². The van der Waals surface area contributed by atoms with Gasteiger partial charge in [0.25, 0.3) is 0 Å². The highest BCUT2D eigenvalue weighted by atomic mass is 79.9. The van der Waals surface area contributed by atoms with Crippen molar-refractivity contribution >= 4 is 21.9 Å². The number of alkyl halides is 1. The molecular weight excluding hydrogens is 266 g/mol. The minimum absolute atomic E-state index is 0.0403. The topological polar surface area (TPSA) is 84.3 Å². The Morgan fingerprint density at radius 1 is 1.73 bits per heavy atom. The van der Waals surface area contributed by atoms with E-state index in [4.69, 9.17) is 15.0 Å². The first-order valence-corrected chi connectivity index (χ1v) is 5.47. The van der Waals surface area contributed by atoms with E-state index in [1.54, 1.807) is 6.92 Å². The Balaban J connectivity index is 2.61. The van der Waals surface area contributed by atoms with E-state index in [0.29, 0.717) is 6.42 Å². The van der Waals surface area contributed by atoms with E-state index in [0.717, 1.165) is 0 Å². The molecule has 1 heterocycles. The van der Waals surface area contributed by atoms with Crippen LogP contribution < -0.4 is 0 Å². The summed E-state index contributed by atoms with van der Waals surface area (Å²) >= 11 is 3.39. The largest absolute Gasteiger partial charge is 0.436 e. The number of esters is 1. The number of hydrogen-bond acceptors (Lipinski definition) is 4. The summed E-state index contributed by atoms with van der Waals surface area (Å²) in [6.07, 6.45) is -0.358. The summed E-state index contributed by atoms with van der Waals surface area (Å²) in [5.74, 6) is -0.380. The van der Waals surface area contributed by atoms with Gasteiger partial charge in [0.15, 0.2) is 0 Å². The molecule has 84 valence electrons. The van der Waals surface area contributed by atoms with Crippen LogP contribution in [0.25, 0.3) is 10.4 Å². The van der Waals surface area contributed by atoms with Crippen molar-refractivity contribution in [3.05, 3.63) is 10.4 Å². The van der Waals surface area contributed by atoms with Gasteiger partial charge in [-0.25, -0.2) is 0 Å². The van der Waals surface area contributed by atoms with Crippen LogP contribution in [0.4, 0.5) is 0 Å². The third-order valence-corrected chi connectivity index (χ3v) is 3.03. The molecule has 0 saturated carbocycles. The van der Waals surface area contributed by atoms with Crippen LogP contribution in [0.15, 0.2) is 5.11 Å². The first-order valence-electron chi connectivity index (χ1n) is 4.55. The molecule has 1 aliphatic heterocycles. The van der Waals surface area contributed by atoms with Gasteiger partial charge in [-0.1, -0.05) is 21.0 Å². The molecule has 0 spiro atoms. The molecule has 0 N–H and O–H groups in total. The Labute approximate surface area is 95.7 Å². The van der Waals surface area contributed by atoms with Gasteiger partial charge in [-0.3, -0.25) is 4.79 Å². The van der Waals surface area contributed by atoms with Gasteiger partial charge in [0.2, 0.25) is 6.29 Å². The SMILES string of the molecule is CC(=O)OC1C[C@H](Br)[C@H](N=[N+]=[N-])[C@H](C)O1. The zero-order valence-corrected chi connectivity index (χ0v) is 10.0. The summed E-state index contributed by atoms with van der Waals surface area (Å²) in [4.78, 5) is 13.4. The first-order chi connectivity index (χ1) is 7.04. The Bertz CT molecular complexity index is 281. The van der Waals surface area contributed by atoms with E-state index in [2.05, 4.69) is 26.0 Å². The second-order valence-corrected chi connectivity index (χ2v) is 4.50. The van der Waals surface area contributed by atoms with Crippen molar-refractivity contribution in [3.8, 4) is 0 Å². The monoisotopic (exact) mass is 277 g/mol. The van der Waals surface area contributed by atoms with Gasteiger partial charge in [0, 0.05) is 23.1 Å². The number of azide groups is 1. The van der Waals surface area contributed by atoms with E-state index in [-0.39, 0.29) is 22.9 Å². The maximum atomic E-state index is 10.7. The van der Waals surface area contributed by atoms with Crippen molar-refractivity contribution in [1.29, 1.82) is 0 Å². The summed E-state index contributed by atoms with van der Waals surface area (Å²) in [6, 6.07) is -0.276. The molecule has 7 heteroatoms. The van der Waals surface area contributed by atoms with Crippen LogP contribution in [-0.4, -0.2) is 29.2 Å². The molecule has 1 rings (SSSR count). The number of hydrogen-bond donors (Lipinski definition) is 0. The van der Waals surface area contributed by atoms with Crippen LogP contribution in [0.2, 0.25) is 0 Å². The molecule has 1 fully saturated rings. The van der Waals surface area contributed by atoms with Gasteiger partial charge >= 0.3 is 5.97 Å². The standard InChI is InChI=1S/C8H12BrN3O3/c1-4-8(11-12-10)6(9)3-7(14-4)15-5(2)13/h4,6-8H,3H2,1-2H3/t4-,6-,7?,8+/m0/s1. The lowest BCUT2D eigenvalue weighted by molar-refractivity contribution is -0.199. The van der Waals surface area contributed by atoms with Crippen LogP contribution in [0, 0.1) is 0 Å². The third kappa shape index (κ3) is 3.37. The molecule has 4 atom stereocenters. The van der Waals surface area contributed by atoms with Gasteiger partial charge < -0.3 is 9.47 Å². The molecule has 1 saturated heterocycles. The van der Waals surface area contributed by atoms with Crippen LogP contribution in [-0.2, 0) is 14.3 Å². The van der Waals surface area contributed by atoms with E-state index < -0.39 is 6.29 Å². The van der Waals surface area contributed by atoms with Crippen LogP contribution in [0.3, 0.4) is 0 Å². The highest BCUT2D eigenvalue weighted by molar-refractivity contribution is 9.09. The molecule has 1 unspecified atom stereocenters. The average Bonchev–Trinajstić information content (AvgIpc) is 2.10. The molecule has 6 nitrogen and oxygen atoms in total. The lowest BCUT2D eigenvalue weighted by atomic mass is 10.0. The summed E-state index contributed by atoms with van der Waals surface area (Å²) in [7, 11) is 0. The van der Waals surface area contributed by atoms with Crippen molar-refractivity contribution in [1.82, 2.24) is 0 Å². The maximum Gasteiger partial charge on any atom is 0.304 e. The number of halogens is 1. The number of carbonyl (C=O) groups excluding carboxylic acids is 1. The smallest absolute Gasteiger partial charge is 0.304 e. The molecule has 1 aliphatic rings. The predicted molar refractivity (Wildman–Crippen MR) is 56.4 cm³/mol. The Kier molecular flexibility index (Phi) is 4.38. The molecule has 0 aromatic rings. The predicted octanol–water partition coefficient (Wildman–Crippen LogP) is 2.13. The number of carbonyl (C=O) groups is 1. The molecule has 0 aromatic carbocycles. The quantitative estimate of drug-likeness (QED) is 0.255. The summed E-state index contributed by atoms with van der Waals surface area (Å²) in [5, 5.41) is 3.63. The molecule has 0 aromatic heterocycles. The van der Waals surface area contributed by atoms with E-state index in [1.165, 1.54) is 6.92 Å². The second-order valence-electron chi connectivity index (χ2n) is 3.33. The van der Waals surface area contributed by atoms with Crippen molar-refractivity contribution < 1.29 is 14.3 Å². The number of rotatable bonds is 2. The number of ether oxygens (including phenoxy) is 2. The van der Waals surface area contributed by atoms with Gasteiger partial charge in [-0.2, -0.15) is 0 Å². The van der Waals surface area contributed by atoms with Gasteiger partial charge in [-0.05, 0) is 12.5 Å². The van der Waals surface area contributed by atoms with E-state index in [1.807, 2.05) is 0 Å². The van der Waals surface area contributed by atoms with Crippen molar-refractivity contribution in [2.45, 2.75) is 43.5 Å². The normalized spacial score (nSPS) is 35.4. The summed E-state index contributed by atoms with van der Waals surface area (Å²) in [5.41, 5.74) is 8.36. The molecule has 0 radical (unpaired) electrons. The molecular formula is C8H12BrN3O3. The maximum absolute atomic E-state index is 10.7. The molecule has 0 amide bonds. The van der Waals surface area contributed by atoms with Crippen LogP contribution in [0.1, 0.15) is 20.3 Å². The number of nitrogens with zero attached hydrogens (tertiary/aromatic N) is 3. The lowest BCUT2D eigenvalue weighted by Crippen LogP contribution is -2.44.